The smallest absolute Gasteiger partial charge is 0.220 e. The van der Waals surface area contributed by atoms with Gasteiger partial charge in [0.05, 0.1) is 25.5 Å². The Morgan fingerprint density at radius 1 is 1.04 bits per heavy atom. The van der Waals surface area contributed by atoms with E-state index in [2.05, 4.69) is 20.3 Å². The van der Waals surface area contributed by atoms with Crippen molar-refractivity contribution in [2.75, 3.05) is 32.3 Å². The zero-order valence-electron chi connectivity index (χ0n) is 13.7. The lowest BCUT2D eigenvalue weighted by atomic mass is 10.1. The number of nitrogens with two attached hydrogens (primary N) is 1. The maximum atomic E-state index is 14.7. The van der Waals surface area contributed by atoms with Crippen LogP contribution in [0.1, 0.15) is 0 Å². The molecule has 7 nitrogen and oxygen atoms in total. The van der Waals surface area contributed by atoms with Crippen LogP contribution in [0, 0.1) is 11.6 Å². The van der Waals surface area contributed by atoms with Gasteiger partial charge in [-0.25, -0.2) is 23.7 Å². The molecule has 0 spiro atoms. The normalized spacial score (nSPS) is 10.8. The van der Waals surface area contributed by atoms with Crippen LogP contribution in [0.25, 0.3) is 22.2 Å². The highest BCUT2D eigenvalue weighted by Crippen LogP contribution is 2.38. The summed E-state index contributed by atoms with van der Waals surface area (Å²) in [5.74, 6) is -1.71. The first-order valence-electron chi connectivity index (χ1n) is 7.21. The van der Waals surface area contributed by atoms with Crippen molar-refractivity contribution in [2.45, 2.75) is 0 Å². The molecule has 0 radical (unpaired) electrons. The van der Waals surface area contributed by atoms with Crippen LogP contribution in [0.3, 0.4) is 0 Å². The van der Waals surface area contributed by atoms with Crippen molar-refractivity contribution in [3.63, 3.8) is 0 Å². The molecule has 25 heavy (non-hydrogen) atoms. The number of aromatic nitrogens is 3. The van der Waals surface area contributed by atoms with Crippen LogP contribution in [-0.4, -0.2) is 36.2 Å². The van der Waals surface area contributed by atoms with E-state index in [4.69, 9.17) is 15.2 Å². The van der Waals surface area contributed by atoms with E-state index < -0.39 is 11.6 Å². The van der Waals surface area contributed by atoms with Crippen molar-refractivity contribution >= 4 is 22.7 Å². The third-order valence-electron chi connectivity index (χ3n) is 3.65. The topological polar surface area (TPSA) is 95.2 Å². The van der Waals surface area contributed by atoms with E-state index in [9.17, 15) is 8.78 Å². The largest absolute Gasteiger partial charge is 0.494 e. The van der Waals surface area contributed by atoms with Crippen molar-refractivity contribution in [1.82, 2.24) is 15.0 Å². The SMILES string of the molecule is CNc1nc(-c2c(F)c(OC)cc(OC)c2F)cc2cnc(N)nc12. The predicted molar refractivity (Wildman–Crippen MR) is 89.7 cm³/mol. The Bertz CT molecular complexity index is 937. The van der Waals surface area contributed by atoms with Gasteiger partial charge in [0, 0.05) is 24.7 Å². The maximum Gasteiger partial charge on any atom is 0.220 e. The number of nitrogens with one attached hydrogen (secondary N) is 1. The minimum atomic E-state index is -0.883. The summed E-state index contributed by atoms with van der Waals surface area (Å²) < 4.78 is 39.3. The van der Waals surface area contributed by atoms with Gasteiger partial charge in [0.1, 0.15) is 5.52 Å². The summed E-state index contributed by atoms with van der Waals surface area (Å²) in [6.45, 7) is 0. The number of ether oxygens (including phenoxy) is 2. The molecular weight excluding hydrogens is 332 g/mol. The van der Waals surface area contributed by atoms with E-state index in [1.54, 1.807) is 7.05 Å². The summed E-state index contributed by atoms with van der Waals surface area (Å²) in [4.78, 5) is 12.3. The number of rotatable bonds is 4. The number of pyridine rings is 1. The van der Waals surface area contributed by atoms with Crippen molar-refractivity contribution in [3.8, 4) is 22.8 Å². The number of benzene rings is 1. The van der Waals surface area contributed by atoms with Gasteiger partial charge >= 0.3 is 0 Å². The highest BCUT2D eigenvalue weighted by molar-refractivity contribution is 5.91. The molecule has 2 aromatic heterocycles. The van der Waals surface area contributed by atoms with E-state index >= 15 is 0 Å². The number of fused-ring (bicyclic) bond motifs is 1. The summed E-state index contributed by atoms with van der Waals surface area (Å²) in [5, 5.41) is 3.36. The molecule has 0 atom stereocenters. The zero-order chi connectivity index (χ0) is 18.1. The van der Waals surface area contributed by atoms with E-state index in [0.29, 0.717) is 16.7 Å². The standard InChI is InChI=1S/C16H15F2N5O2/c1-20-15-14-7(6-21-16(19)23-14)4-8(22-15)11-12(17)9(24-2)5-10(25-3)13(11)18/h4-6H,1-3H3,(H,20,22)(H2,19,21,23). The monoisotopic (exact) mass is 347 g/mol. The van der Waals surface area contributed by atoms with Crippen molar-refractivity contribution in [2.24, 2.45) is 0 Å². The van der Waals surface area contributed by atoms with Gasteiger partial charge in [-0.15, -0.1) is 0 Å². The number of methoxy groups -OCH3 is 2. The van der Waals surface area contributed by atoms with Crippen molar-refractivity contribution in [3.05, 3.63) is 30.0 Å². The van der Waals surface area contributed by atoms with Crippen LogP contribution in [0.15, 0.2) is 18.3 Å². The minimum Gasteiger partial charge on any atom is -0.494 e. The molecule has 3 N–H and O–H groups in total. The summed E-state index contributed by atoms with van der Waals surface area (Å²) in [5.41, 5.74) is 5.70. The molecule has 0 aliphatic rings. The lowest BCUT2D eigenvalue weighted by Crippen LogP contribution is -2.04. The van der Waals surface area contributed by atoms with Crippen LogP contribution in [0.5, 0.6) is 11.5 Å². The summed E-state index contributed by atoms with van der Waals surface area (Å²) >= 11 is 0. The first-order valence-corrected chi connectivity index (χ1v) is 7.21. The average Bonchev–Trinajstić information content (AvgIpc) is 2.61. The molecule has 2 heterocycles. The molecule has 0 aliphatic carbocycles. The Kier molecular flexibility index (Phi) is 4.22. The second kappa shape index (κ2) is 6.34. The Balaban J connectivity index is 2.35. The number of halogens is 2. The highest BCUT2D eigenvalue weighted by Gasteiger charge is 2.23. The van der Waals surface area contributed by atoms with Gasteiger partial charge in [-0.05, 0) is 6.07 Å². The van der Waals surface area contributed by atoms with Gasteiger partial charge < -0.3 is 20.5 Å². The van der Waals surface area contributed by atoms with Crippen molar-refractivity contribution < 1.29 is 18.3 Å². The Labute approximate surface area is 141 Å². The third kappa shape index (κ3) is 2.73. The number of anilines is 2. The highest BCUT2D eigenvalue weighted by atomic mass is 19.1. The fourth-order valence-electron chi connectivity index (χ4n) is 2.47. The van der Waals surface area contributed by atoms with E-state index in [-0.39, 0.29) is 28.7 Å². The van der Waals surface area contributed by atoms with Gasteiger partial charge in [0.2, 0.25) is 5.95 Å². The molecule has 0 bridgehead atoms. The van der Waals surface area contributed by atoms with Gasteiger partial charge in [-0.1, -0.05) is 0 Å². The molecule has 1 aromatic carbocycles. The van der Waals surface area contributed by atoms with E-state index in [1.807, 2.05) is 0 Å². The number of hydrogen-bond acceptors (Lipinski definition) is 7. The summed E-state index contributed by atoms with van der Waals surface area (Å²) in [7, 11) is 4.18. The van der Waals surface area contributed by atoms with Crippen LogP contribution in [0.4, 0.5) is 20.5 Å². The Hall–Kier alpha value is -3.23. The molecular formula is C16H15F2N5O2. The molecule has 0 aliphatic heterocycles. The molecule has 0 unspecified atom stereocenters. The van der Waals surface area contributed by atoms with E-state index in [0.717, 1.165) is 6.07 Å². The van der Waals surface area contributed by atoms with Gasteiger partial charge in [-0.2, -0.15) is 0 Å². The molecule has 3 aromatic rings. The quantitative estimate of drug-likeness (QED) is 0.749. The maximum absolute atomic E-state index is 14.7. The predicted octanol–water partition coefficient (Wildman–Crippen LogP) is 2.61. The van der Waals surface area contributed by atoms with Crippen LogP contribution < -0.4 is 20.5 Å². The van der Waals surface area contributed by atoms with Crippen LogP contribution in [-0.2, 0) is 0 Å². The summed E-state index contributed by atoms with van der Waals surface area (Å²) in [6, 6.07) is 2.61. The van der Waals surface area contributed by atoms with E-state index in [1.165, 1.54) is 26.5 Å². The van der Waals surface area contributed by atoms with Gasteiger partial charge in [-0.3, -0.25) is 0 Å². The summed E-state index contributed by atoms with van der Waals surface area (Å²) in [6.07, 6.45) is 1.46. The van der Waals surface area contributed by atoms with Gasteiger partial charge in [0.25, 0.3) is 0 Å². The second-order valence-corrected chi connectivity index (χ2v) is 5.06. The molecule has 130 valence electrons. The second-order valence-electron chi connectivity index (χ2n) is 5.06. The third-order valence-corrected chi connectivity index (χ3v) is 3.65. The fraction of sp³-hybridized carbons (Fsp3) is 0.188. The number of nitrogens with zero attached hydrogens (tertiary/aromatic N) is 3. The number of hydrogen-bond donors (Lipinski definition) is 2. The lowest BCUT2D eigenvalue weighted by Gasteiger charge is -2.14. The van der Waals surface area contributed by atoms with Crippen molar-refractivity contribution in [1.29, 1.82) is 0 Å². The lowest BCUT2D eigenvalue weighted by molar-refractivity contribution is 0.359. The Morgan fingerprint density at radius 2 is 1.68 bits per heavy atom. The molecule has 3 rings (SSSR count). The fourth-order valence-corrected chi connectivity index (χ4v) is 2.47. The average molecular weight is 347 g/mol. The minimum absolute atomic E-state index is 0.0393. The first-order chi connectivity index (χ1) is 12.0. The number of nitrogen functional groups attached to an aromatic ring is 1. The van der Waals surface area contributed by atoms with Gasteiger partial charge in [0.15, 0.2) is 29.0 Å². The van der Waals surface area contributed by atoms with Crippen LogP contribution in [0.2, 0.25) is 0 Å². The molecule has 0 fully saturated rings. The molecule has 0 saturated heterocycles. The first kappa shape index (κ1) is 16.6. The zero-order valence-corrected chi connectivity index (χ0v) is 13.7. The Morgan fingerprint density at radius 3 is 2.24 bits per heavy atom. The molecule has 9 heteroatoms. The molecule has 0 amide bonds. The van der Waals surface area contributed by atoms with Crippen LogP contribution >= 0.6 is 0 Å². The molecule has 0 saturated carbocycles.